The molecule has 1 aromatic heterocycles. The van der Waals surface area contributed by atoms with Crippen LogP contribution in [0.5, 0.6) is 0 Å². The number of hydrogen-bond donors (Lipinski definition) is 0. The summed E-state index contributed by atoms with van der Waals surface area (Å²) >= 11 is 1.63. The quantitative estimate of drug-likeness (QED) is 0.709. The Bertz CT molecular complexity index is 800. The summed E-state index contributed by atoms with van der Waals surface area (Å²) in [5, 5.41) is 1.27. The second kappa shape index (κ2) is 8.52. The van der Waals surface area contributed by atoms with E-state index >= 15 is 0 Å². The Morgan fingerprint density at radius 2 is 1.73 bits per heavy atom. The molecule has 1 aliphatic rings. The molecule has 0 aliphatic carbocycles. The summed E-state index contributed by atoms with van der Waals surface area (Å²) in [4.78, 5) is 6.87. The zero-order valence-electron chi connectivity index (χ0n) is 15.2. The van der Waals surface area contributed by atoms with Crippen molar-refractivity contribution in [2.75, 3.05) is 26.2 Å². The van der Waals surface area contributed by atoms with Gasteiger partial charge in [-0.3, -0.25) is 4.90 Å². The van der Waals surface area contributed by atoms with E-state index < -0.39 is 10.0 Å². The lowest BCUT2D eigenvalue weighted by Crippen LogP contribution is -2.48. The molecule has 5 nitrogen and oxygen atoms in total. The summed E-state index contributed by atoms with van der Waals surface area (Å²) in [5.41, 5.74) is 1.26. The molecular formula is C19H25N3O2S2. The molecule has 0 spiro atoms. The number of hydrogen-bond acceptors (Lipinski definition) is 5. The molecule has 0 saturated carbocycles. The zero-order valence-corrected chi connectivity index (χ0v) is 16.8. The number of pyridine rings is 1. The van der Waals surface area contributed by atoms with Gasteiger partial charge >= 0.3 is 0 Å². The Labute approximate surface area is 160 Å². The van der Waals surface area contributed by atoms with Gasteiger partial charge in [0.2, 0.25) is 10.0 Å². The van der Waals surface area contributed by atoms with Crippen molar-refractivity contribution in [1.29, 1.82) is 0 Å². The van der Waals surface area contributed by atoms with Crippen LogP contribution in [-0.4, -0.2) is 54.0 Å². The maximum absolute atomic E-state index is 12.8. The fourth-order valence-electron chi connectivity index (χ4n) is 2.95. The monoisotopic (exact) mass is 391 g/mol. The highest BCUT2D eigenvalue weighted by Gasteiger charge is 2.28. The molecule has 1 saturated heterocycles. The van der Waals surface area contributed by atoms with E-state index in [4.69, 9.17) is 0 Å². The van der Waals surface area contributed by atoms with Crippen LogP contribution < -0.4 is 0 Å². The molecule has 1 aromatic carbocycles. The van der Waals surface area contributed by atoms with Crippen LogP contribution in [0.15, 0.2) is 58.6 Å². The minimum Gasteiger partial charge on any atom is -0.296 e. The normalized spacial score (nSPS) is 16.9. The van der Waals surface area contributed by atoms with Crippen LogP contribution in [0.25, 0.3) is 0 Å². The Balaban J connectivity index is 1.60. The van der Waals surface area contributed by atoms with Crippen molar-refractivity contribution in [2.45, 2.75) is 35.6 Å². The largest absolute Gasteiger partial charge is 0.296 e. The van der Waals surface area contributed by atoms with Crippen LogP contribution in [-0.2, 0) is 16.6 Å². The van der Waals surface area contributed by atoms with Gasteiger partial charge < -0.3 is 0 Å². The van der Waals surface area contributed by atoms with Crippen molar-refractivity contribution in [3.63, 3.8) is 0 Å². The second-order valence-electron chi connectivity index (χ2n) is 6.66. The molecule has 1 fully saturated rings. The van der Waals surface area contributed by atoms with Crippen LogP contribution in [0.4, 0.5) is 0 Å². The van der Waals surface area contributed by atoms with E-state index in [-0.39, 0.29) is 4.90 Å². The third-order valence-corrected chi connectivity index (χ3v) is 7.12. The molecule has 2 heterocycles. The number of rotatable bonds is 6. The summed E-state index contributed by atoms with van der Waals surface area (Å²) < 4.78 is 27.3. The van der Waals surface area contributed by atoms with Crippen LogP contribution in [0.2, 0.25) is 0 Å². The number of piperazine rings is 1. The highest BCUT2D eigenvalue weighted by atomic mass is 32.2. The van der Waals surface area contributed by atoms with Gasteiger partial charge in [0.05, 0.1) is 5.03 Å². The SMILES string of the molecule is CC(C)Sc1ccc(S(=O)(=O)N2CCN(Cc3ccccc3)CC2)cn1. The molecule has 3 rings (SSSR count). The van der Waals surface area contributed by atoms with Gasteiger partial charge in [-0.2, -0.15) is 4.31 Å². The molecule has 0 N–H and O–H groups in total. The van der Waals surface area contributed by atoms with Gasteiger partial charge in [-0.1, -0.05) is 44.2 Å². The molecule has 0 unspecified atom stereocenters. The van der Waals surface area contributed by atoms with Crippen molar-refractivity contribution in [3.8, 4) is 0 Å². The molecule has 0 bridgehead atoms. The van der Waals surface area contributed by atoms with E-state index in [1.807, 2.05) is 18.2 Å². The lowest BCUT2D eigenvalue weighted by atomic mass is 10.2. The molecule has 0 radical (unpaired) electrons. The fraction of sp³-hybridized carbons (Fsp3) is 0.421. The van der Waals surface area contributed by atoms with Crippen molar-refractivity contribution in [1.82, 2.24) is 14.2 Å². The first-order valence-electron chi connectivity index (χ1n) is 8.84. The highest BCUT2D eigenvalue weighted by Crippen LogP contribution is 2.23. The maximum Gasteiger partial charge on any atom is 0.244 e. The van der Waals surface area contributed by atoms with Gasteiger partial charge in [-0.25, -0.2) is 13.4 Å². The Morgan fingerprint density at radius 3 is 2.31 bits per heavy atom. The van der Waals surface area contributed by atoms with E-state index in [2.05, 4.69) is 35.9 Å². The first-order valence-corrected chi connectivity index (χ1v) is 11.2. The minimum absolute atomic E-state index is 0.280. The number of thioether (sulfide) groups is 1. The Hall–Kier alpha value is -1.41. The summed E-state index contributed by atoms with van der Waals surface area (Å²) in [6, 6.07) is 13.7. The third-order valence-electron chi connectivity index (χ3n) is 4.28. The van der Waals surface area contributed by atoms with Gasteiger partial charge in [0.1, 0.15) is 4.90 Å². The number of sulfonamides is 1. The van der Waals surface area contributed by atoms with Gasteiger partial charge in [-0.05, 0) is 17.7 Å². The average Bonchev–Trinajstić information content (AvgIpc) is 2.63. The zero-order chi connectivity index (χ0) is 18.6. The van der Waals surface area contributed by atoms with E-state index in [1.165, 1.54) is 11.8 Å². The van der Waals surface area contributed by atoms with Gasteiger partial charge in [-0.15, -0.1) is 11.8 Å². The molecule has 7 heteroatoms. The summed E-state index contributed by atoms with van der Waals surface area (Å²) in [5.74, 6) is 0. The Kier molecular flexibility index (Phi) is 6.34. The number of nitrogens with zero attached hydrogens (tertiary/aromatic N) is 3. The minimum atomic E-state index is -3.47. The molecule has 2 aromatic rings. The van der Waals surface area contributed by atoms with E-state index in [1.54, 1.807) is 28.2 Å². The average molecular weight is 392 g/mol. The molecule has 0 amide bonds. The van der Waals surface area contributed by atoms with Crippen LogP contribution in [0, 0.1) is 0 Å². The summed E-state index contributed by atoms with van der Waals surface area (Å²) in [7, 11) is -3.47. The van der Waals surface area contributed by atoms with E-state index in [0.29, 0.717) is 18.3 Å². The predicted molar refractivity (Wildman–Crippen MR) is 106 cm³/mol. The van der Waals surface area contributed by atoms with Crippen LogP contribution >= 0.6 is 11.8 Å². The molecule has 0 atom stereocenters. The van der Waals surface area contributed by atoms with Crippen molar-refractivity contribution in [3.05, 3.63) is 54.2 Å². The number of benzene rings is 1. The Morgan fingerprint density at radius 1 is 1.04 bits per heavy atom. The smallest absolute Gasteiger partial charge is 0.244 e. The molecule has 26 heavy (non-hydrogen) atoms. The third kappa shape index (κ3) is 4.85. The first kappa shape index (κ1) is 19.4. The predicted octanol–water partition coefficient (Wildman–Crippen LogP) is 3.09. The highest BCUT2D eigenvalue weighted by molar-refractivity contribution is 7.99. The van der Waals surface area contributed by atoms with E-state index in [9.17, 15) is 8.42 Å². The molecule has 1 aliphatic heterocycles. The maximum atomic E-state index is 12.8. The second-order valence-corrected chi connectivity index (χ2v) is 10.2. The fourth-order valence-corrected chi connectivity index (χ4v) is 5.06. The van der Waals surface area contributed by atoms with Crippen molar-refractivity contribution < 1.29 is 8.42 Å². The lowest BCUT2D eigenvalue weighted by Gasteiger charge is -2.33. The summed E-state index contributed by atoms with van der Waals surface area (Å²) in [6.45, 7) is 7.54. The first-order chi connectivity index (χ1) is 12.4. The standard InChI is InChI=1S/C19H25N3O2S2/c1-16(2)25-19-9-8-18(14-20-19)26(23,24)22-12-10-21(11-13-22)15-17-6-4-3-5-7-17/h3-9,14,16H,10-13,15H2,1-2H3. The van der Waals surface area contributed by atoms with E-state index in [0.717, 1.165) is 24.7 Å². The lowest BCUT2D eigenvalue weighted by molar-refractivity contribution is 0.181. The summed E-state index contributed by atoms with van der Waals surface area (Å²) in [6.07, 6.45) is 1.48. The number of aromatic nitrogens is 1. The van der Waals surface area contributed by atoms with Gasteiger partial charge in [0, 0.05) is 44.2 Å². The van der Waals surface area contributed by atoms with Crippen LogP contribution in [0.3, 0.4) is 0 Å². The van der Waals surface area contributed by atoms with Gasteiger partial charge in [0.15, 0.2) is 0 Å². The van der Waals surface area contributed by atoms with Gasteiger partial charge in [0.25, 0.3) is 0 Å². The van der Waals surface area contributed by atoms with Crippen molar-refractivity contribution >= 4 is 21.8 Å². The topological polar surface area (TPSA) is 53.5 Å². The van der Waals surface area contributed by atoms with Crippen LogP contribution in [0.1, 0.15) is 19.4 Å². The molecular weight excluding hydrogens is 366 g/mol. The molecule has 140 valence electrons. The van der Waals surface area contributed by atoms with Crippen molar-refractivity contribution in [2.24, 2.45) is 0 Å².